The first kappa shape index (κ1) is 14.4. The van der Waals surface area contributed by atoms with Gasteiger partial charge in [-0.2, -0.15) is 0 Å². The van der Waals surface area contributed by atoms with Crippen LogP contribution in [0.3, 0.4) is 0 Å². The summed E-state index contributed by atoms with van der Waals surface area (Å²) in [6, 6.07) is 2.23. The van der Waals surface area contributed by atoms with Crippen molar-refractivity contribution in [1.29, 1.82) is 0 Å². The van der Waals surface area contributed by atoms with Crippen molar-refractivity contribution in [3.8, 4) is 0 Å². The summed E-state index contributed by atoms with van der Waals surface area (Å²) in [5.41, 5.74) is -0.268. The Labute approximate surface area is 119 Å². The van der Waals surface area contributed by atoms with Gasteiger partial charge < -0.3 is 4.90 Å². The minimum Gasteiger partial charge on any atom is -0.338 e. The second-order valence-electron chi connectivity index (χ2n) is 5.70. The van der Waals surface area contributed by atoms with Gasteiger partial charge in [0.15, 0.2) is 0 Å². The summed E-state index contributed by atoms with van der Waals surface area (Å²) < 4.78 is 27.8. The molecule has 0 atom stereocenters. The number of piperidine rings is 1. The van der Waals surface area contributed by atoms with E-state index in [0.29, 0.717) is 17.6 Å². The van der Waals surface area contributed by atoms with Crippen LogP contribution in [0.1, 0.15) is 37.0 Å². The summed E-state index contributed by atoms with van der Waals surface area (Å²) >= 11 is 3.00. The normalized spacial score (nSPS) is 18.5. The van der Waals surface area contributed by atoms with Crippen LogP contribution in [0.4, 0.5) is 8.78 Å². The Morgan fingerprint density at radius 1 is 1.21 bits per heavy atom. The zero-order chi connectivity index (χ0) is 14.2. The third kappa shape index (κ3) is 3.14. The number of rotatable bonds is 1. The van der Waals surface area contributed by atoms with Gasteiger partial charge in [-0.1, -0.05) is 29.8 Å². The van der Waals surface area contributed by atoms with E-state index in [1.54, 1.807) is 0 Å². The summed E-state index contributed by atoms with van der Waals surface area (Å²) in [6.45, 7) is 5.35. The number of halogens is 3. The van der Waals surface area contributed by atoms with Crippen molar-refractivity contribution in [3.05, 3.63) is 33.8 Å². The van der Waals surface area contributed by atoms with Crippen LogP contribution in [0.5, 0.6) is 0 Å². The Morgan fingerprint density at radius 3 is 2.16 bits per heavy atom. The SMILES string of the molecule is CC1(C)CCN(C(=O)c2c(F)cc(Br)cc2F)CC1. The van der Waals surface area contributed by atoms with Crippen molar-refractivity contribution >= 4 is 21.8 Å². The van der Waals surface area contributed by atoms with Crippen molar-refractivity contribution < 1.29 is 13.6 Å². The summed E-state index contributed by atoms with van der Waals surface area (Å²) in [6.07, 6.45) is 1.69. The van der Waals surface area contributed by atoms with Gasteiger partial charge in [0.25, 0.3) is 5.91 Å². The van der Waals surface area contributed by atoms with Gasteiger partial charge in [-0.15, -0.1) is 0 Å². The zero-order valence-electron chi connectivity index (χ0n) is 11.0. The molecule has 0 unspecified atom stereocenters. The first-order valence-corrected chi connectivity index (χ1v) is 7.03. The number of carbonyl (C=O) groups is 1. The monoisotopic (exact) mass is 331 g/mol. The molecule has 1 saturated heterocycles. The van der Waals surface area contributed by atoms with E-state index < -0.39 is 23.1 Å². The van der Waals surface area contributed by atoms with Crippen molar-refractivity contribution in [3.63, 3.8) is 0 Å². The maximum absolute atomic E-state index is 13.8. The van der Waals surface area contributed by atoms with Crippen molar-refractivity contribution in [2.75, 3.05) is 13.1 Å². The second kappa shape index (κ2) is 5.19. The molecule has 2 rings (SSSR count). The van der Waals surface area contributed by atoms with E-state index >= 15 is 0 Å². The molecule has 0 radical (unpaired) electrons. The molecule has 104 valence electrons. The second-order valence-corrected chi connectivity index (χ2v) is 6.62. The summed E-state index contributed by atoms with van der Waals surface area (Å²) in [5, 5.41) is 0. The van der Waals surface area contributed by atoms with Gasteiger partial charge in [0, 0.05) is 17.6 Å². The minimum absolute atomic E-state index is 0.188. The molecule has 0 N–H and O–H groups in total. The van der Waals surface area contributed by atoms with Crippen LogP contribution in [0, 0.1) is 17.0 Å². The smallest absolute Gasteiger partial charge is 0.259 e. The molecule has 0 spiro atoms. The Kier molecular flexibility index (Phi) is 3.95. The molecule has 0 aromatic heterocycles. The average molecular weight is 332 g/mol. The summed E-state index contributed by atoms with van der Waals surface area (Å²) in [7, 11) is 0. The van der Waals surface area contributed by atoms with E-state index in [1.165, 1.54) is 4.90 Å². The Hall–Kier alpha value is -0.970. The molecule has 0 saturated carbocycles. The molecule has 1 fully saturated rings. The van der Waals surface area contributed by atoms with E-state index in [0.717, 1.165) is 25.0 Å². The predicted octanol–water partition coefficient (Wildman–Crippen LogP) is 3.99. The maximum Gasteiger partial charge on any atom is 0.259 e. The highest BCUT2D eigenvalue weighted by Gasteiger charge is 2.30. The lowest BCUT2D eigenvalue weighted by Crippen LogP contribution is -2.41. The van der Waals surface area contributed by atoms with Gasteiger partial charge in [-0.3, -0.25) is 4.79 Å². The van der Waals surface area contributed by atoms with Crippen LogP contribution >= 0.6 is 15.9 Å². The van der Waals surface area contributed by atoms with Gasteiger partial charge in [0.05, 0.1) is 0 Å². The quantitative estimate of drug-likeness (QED) is 0.761. The minimum atomic E-state index is -0.818. The van der Waals surface area contributed by atoms with Gasteiger partial charge in [0.1, 0.15) is 17.2 Å². The number of benzene rings is 1. The Morgan fingerprint density at radius 2 is 1.68 bits per heavy atom. The first-order chi connectivity index (χ1) is 8.80. The Bertz CT molecular complexity index is 483. The van der Waals surface area contributed by atoms with Gasteiger partial charge in [-0.05, 0) is 30.4 Å². The molecule has 19 heavy (non-hydrogen) atoms. The predicted molar refractivity (Wildman–Crippen MR) is 73.0 cm³/mol. The van der Waals surface area contributed by atoms with Crippen LogP contribution in [0.15, 0.2) is 16.6 Å². The molecule has 1 amide bonds. The largest absolute Gasteiger partial charge is 0.338 e. The lowest BCUT2D eigenvalue weighted by Gasteiger charge is -2.37. The van der Waals surface area contributed by atoms with E-state index in [1.807, 2.05) is 0 Å². The molecule has 1 aromatic rings. The van der Waals surface area contributed by atoms with Crippen LogP contribution in [-0.4, -0.2) is 23.9 Å². The third-order valence-electron chi connectivity index (χ3n) is 3.62. The zero-order valence-corrected chi connectivity index (χ0v) is 12.6. The number of hydrogen-bond acceptors (Lipinski definition) is 1. The van der Waals surface area contributed by atoms with Crippen LogP contribution in [0.25, 0.3) is 0 Å². The summed E-state index contributed by atoms with van der Waals surface area (Å²) in [5.74, 6) is -2.19. The lowest BCUT2D eigenvalue weighted by molar-refractivity contribution is 0.0621. The summed E-state index contributed by atoms with van der Waals surface area (Å²) in [4.78, 5) is 13.7. The standard InChI is InChI=1S/C14H16BrF2NO/c1-14(2)3-5-18(6-4-14)13(19)12-10(16)7-9(15)8-11(12)17/h7-8H,3-6H2,1-2H3. The fraction of sp³-hybridized carbons (Fsp3) is 0.500. The maximum atomic E-state index is 13.8. The van der Waals surface area contributed by atoms with E-state index in [2.05, 4.69) is 29.8 Å². The molecule has 1 heterocycles. The molecule has 1 aliphatic heterocycles. The van der Waals surface area contributed by atoms with Crippen molar-refractivity contribution in [1.82, 2.24) is 4.90 Å². The van der Waals surface area contributed by atoms with Crippen molar-refractivity contribution in [2.45, 2.75) is 26.7 Å². The molecule has 0 aliphatic carbocycles. The highest BCUT2D eigenvalue weighted by Crippen LogP contribution is 2.31. The molecule has 0 bridgehead atoms. The fourth-order valence-electron chi connectivity index (χ4n) is 2.22. The third-order valence-corrected chi connectivity index (χ3v) is 4.08. The Balaban J connectivity index is 2.22. The topological polar surface area (TPSA) is 20.3 Å². The number of nitrogens with zero attached hydrogens (tertiary/aromatic N) is 1. The molecule has 2 nitrogen and oxygen atoms in total. The van der Waals surface area contributed by atoms with Crippen molar-refractivity contribution in [2.24, 2.45) is 5.41 Å². The van der Waals surface area contributed by atoms with Crippen LogP contribution in [0.2, 0.25) is 0 Å². The van der Waals surface area contributed by atoms with E-state index in [-0.39, 0.29) is 5.41 Å². The number of carbonyl (C=O) groups excluding carboxylic acids is 1. The molecule has 5 heteroatoms. The fourth-order valence-corrected chi connectivity index (χ4v) is 2.62. The van der Waals surface area contributed by atoms with Crippen LogP contribution in [-0.2, 0) is 0 Å². The molecule has 1 aromatic carbocycles. The van der Waals surface area contributed by atoms with Gasteiger partial charge in [0.2, 0.25) is 0 Å². The number of amides is 1. The lowest BCUT2D eigenvalue weighted by atomic mass is 9.82. The molecular formula is C14H16BrF2NO. The average Bonchev–Trinajstić information content (AvgIpc) is 2.27. The first-order valence-electron chi connectivity index (χ1n) is 6.24. The van der Waals surface area contributed by atoms with Crippen LogP contribution < -0.4 is 0 Å². The van der Waals surface area contributed by atoms with Gasteiger partial charge >= 0.3 is 0 Å². The number of hydrogen-bond donors (Lipinski definition) is 0. The number of likely N-dealkylation sites (tertiary alicyclic amines) is 1. The highest BCUT2D eigenvalue weighted by molar-refractivity contribution is 9.10. The van der Waals surface area contributed by atoms with Gasteiger partial charge in [-0.25, -0.2) is 8.78 Å². The van der Waals surface area contributed by atoms with E-state index in [4.69, 9.17) is 0 Å². The highest BCUT2D eigenvalue weighted by atomic mass is 79.9. The van der Waals surface area contributed by atoms with E-state index in [9.17, 15) is 13.6 Å². The molecular weight excluding hydrogens is 316 g/mol. The molecule has 1 aliphatic rings.